The Labute approximate surface area is 148 Å². The second kappa shape index (κ2) is 6.89. The van der Waals surface area contributed by atoms with E-state index in [0.29, 0.717) is 42.4 Å². The van der Waals surface area contributed by atoms with Gasteiger partial charge < -0.3 is 13.7 Å². The number of imidazole rings is 1. The van der Waals surface area contributed by atoms with Gasteiger partial charge in [-0.15, -0.1) is 0 Å². The van der Waals surface area contributed by atoms with Gasteiger partial charge in [0.15, 0.2) is 28.0 Å². The first kappa shape index (κ1) is 17.5. The number of aromatic amines is 1. The summed E-state index contributed by atoms with van der Waals surface area (Å²) in [6.07, 6.45) is 0. The number of aromatic nitrogens is 4. The Hall–Kier alpha value is -2.32. The first-order valence-electron chi connectivity index (χ1n) is 7.90. The van der Waals surface area contributed by atoms with E-state index in [-0.39, 0.29) is 11.1 Å². The number of ether oxygens (including phenoxy) is 1. The Balaban J connectivity index is 2.33. The molecule has 3 rings (SSSR count). The standard InChI is InChI=1S/C16H19ClN4O4/c1-9(2)8-21-14-12(15(22)19-16(21)23)20(6-7-24-3)13(18-14)10-4-5-11(17)25-10/h4-5,9H,6-8H2,1-3H3,(H,19,22,23). The lowest BCUT2D eigenvalue weighted by molar-refractivity contribution is 0.188. The van der Waals surface area contributed by atoms with Gasteiger partial charge in [0.1, 0.15) is 0 Å². The summed E-state index contributed by atoms with van der Waals surface area (Å²) in [5.41, 5.74) is -0.347. The molecule has 25 heavy (non-hydrogen) atoms. The molecular formula is C16H19ClN4O4. The molecule has 0 bridgehead atoms. The minimum atomic E-state index is -0.493. The van der Waals surface area contributed by atoms with E-state index in [2.05, 4.69) is 9.97 Å². The number of hydrogen-bond donors (Lipinski definition) is 1. The molecule has 3 aromatic rings. The van der Waals surface area contributed by atoms with Crippen LogP contribution in [0.5, 0.6) is 0 Å². The molecule has 3 aromatic heterocycles. The van der Waals surface area contributed by atoms with Crippen LogP contribution in [0.15, 0.2) is 26.1 Å². The molecule has 0 aliphatic carbocycles. The van der Waals surface area contributed by atoms with Gasteiger partial charge in [-0.25, -0.2) is 9.78 Å². The third-order valence-corrected chi connectivity index (χ3v) is 3.95. The highest BCUT2D eigenvalue weighted by Gasteiger charge is 2.21. The second-order valence-corrected chi connectivity index (χ2v) is 6.49. The van der Waals surface area contributed by atoms with E-state index in [4.69, 9.17) is 20.8 Å². The summed E-state index contributed by atoms with van der Waals surface area (Å²) in [4.78, 5) is 31.6. The van der Waals surface area contributed by atoms with Crippen molar-refractivity contribution in [2.75, 3.05) is 13.7 Å². The van der Waals surface area contributed by atoms with Crippen LogP contribution >= 0.6 is 11.6 Å². The van der Waals surface area contributed by atoms with Gasteiger partial charge in [-0.1, -0.05) is 13.8 Å². The van der Waals surface area contributed by atoms with Gasteiger partial charge in [0.05, 0.1) is 6.61 Å². The van der Waals surface area contributed by atoms with E-state index in [1.54, 1.807) is 23.8 Å². The van der Waals surface area contributed by atoms with Crippen LogP contribution in [0.1, 0.15) is 13.8 Å². The van der Waals surface area contributed by atoms with Crippen molar-refractivity contribution in [2.24, 2.45) is 5.92 Å². The van der Waals surface area contributed by atoms with Gasteiger partial charge in [-0.05, 0) is 29.7 Å². The minimum Gasteiger partial charge on any atom is -0.441 e. The van der Waals surface area contributed by atoms with E-state index in [0.717, 1.165) is 0 Å². The van der Waals surface area contributed by atoms with Crippen LogP contribution in [0, 0.1) is 5.92 Å². The normalized spacial score (nSPS) is 11.7. The van der Waals surface area contributed by atoms with E-state index in [1.807, 2.05) is 13.8 Å². The van der Waals surface area contributed by atoms with E-state index in [1.165, 1.54) is 4.57 Å². The Morgan fingerprint density at radius 1 is 1.32 bits per heavy atom. The summed E-state index contributed by atoms with van der Waals surface area (Å²) in [7, 11) is 1.57. The molecule has 0 atom stereocenters. The molecule has 0 saturated carbocycles. The largest absolute Gasteiger partial charge is 0.441 e. The van der Waals surface area contributed by atoms with E-state index < -0.39 is 11.2 Å². The number of halogens is 1. The molecule has 8 nitrogen and oxygen atoms in total. The number of nitrogens with one attached hydrogen (secondary N) is 1. The lowest BCUT2D eigenvalue weighted by Crippen LogP contribution is -2.32. The number of furan rings is 1. The SMILES string of the molecule is COCCn1c(-c2ccc(Cl)o2)nc2c1c(=O)[nH]c(=O)n2CC(C)C. The maximum absolute atomic E-state index is 12.4. The predicted octanol–water partition coefficient (Wildman–Crippen LogP) is 2.10. The topological polar surface area (TPSA) is 95.1 Å². The number of nitrogens with zero attached hydrogens (tertiary/aromatic N) is 3. The fourth-order valence-electron chi connectivity index (χ4n) is 2.73. The van der Waals surface area contributed by atoms with Crippen molar-refractivity contribution in [2.45, 2.75) is 26.9 Å². The van der Waals surface area contributed by atoms with Crippen molar-refractivity contribution in [3.8, 4) is 11.6 Å². The first-order valence-corrected chi connectivity index (χ1v) is 8.28. The summed E-state index contributed by atoms with van der Waals surface area (Å²) in [6, 6.07) is 3.27. The molecule has 0 aromatic carbocycles. The van der Waals surface area contributed by atoms with Crippen molar-refractivity contribution in [3.05, 3.63) is 38.2 Å². The molecule has 9 heteroatoms. The Bertz CT molecular complexity index is 1010. The summed E-state index contributed by atoms with van der Waals surface area (Å²) in [5.74, 6) is 1.05. The minimum absolute atomic E-state index is 0.206. The van der Waals surface area contributed by atoms with Gasteiger partial charge in [0, 0.05) is 20.2 Å². The summed E-state index contributed by atoms with van der Waals surface area (Å²) >= 11 is 5.87. The molecule has 0 unspecified atom stereocenters. The molecule has 0 amide bonds. The summed E-state index contributed by atoms with van der Waals surface area (Å²) in [5, 5.41) is 0.217. The number of hydrogen-bond acceptors (Lipinski definition) is 5. The van der Waals surface area contributed by atoms with Crippen LogP contribution in [0.2, 0.25) is 5.22 Å². The van der Waals surface area contributed by atoms with Crippen LogP contribution in [-0.2, 0) is 17.8 Å². The van der Waals surface area contributed by atoms with Gasteiger partial charge in [0.2, 0.25) is 0 Å². The first-order chi connectivity index (χ1) is 11.9. The van der Waals surface area contributed by atoms with Crippen LogP contribution in [-0.4, -0.2) is 32.8 Å². The highest BCUT2D eigenvalue weighted by molar-refractivity contribution is 6.28. The fourth-order valence-corrected chi connectivity index (χ4v) is 2.88. The van der Waals surface area contributed by atoms with Crippen molar-refractivity contribution in [3.63, 3.8) is 0 Å². The molecule has 0 aliphatic rings. The van der Waals surface area contributed by atoms with Crippen molar-refractivity contribution in [1.29, 1.82) is 0 Å². The molecule has 0 fully saturated rings. The van der Waals surface area contributed by atoms with Gasteiger partial charge in [-0.3, -0.25) is 14.3 Å². The third kappa shape index (κ3) is 3.27. The highest BCUT2D eigenvalue weighted by atomic mass is 35.5. The van der Waals surface area contributed by atoms with Crippen LogP contribution in [0.25, 0.3) is 22.7 Å². The van der Waals surface area contributed by atoms with Crippen LogP contribution in [0.4, 0.5) is 0 Å². The molecule has 0 aliphatic heterocycles. The maximum Gasteiger partial charge on any atom is 0.330 e. The quantitative estimate of drug-likeness (QED) is 0.720. The molecule has 3 heterocycles. The van der Waals surface area contributed by atoms with E-state index in [9.17, 15) is 9.59 Å². The predicted molar refractivity (Wildman–Crippen MR) is 94.0 cm³/mol. The second-order valence-electron chi connectivity index (χ2n) is 6.12. The van der Waals surface area contributed by atoms with Crippen LogP contribution < -0.4 is 11.2 Å². The Kier molecular flexibility index (Phi) is 4.82. The zero-order valence-electron chi connectivity index (χ0n) is 14.2. The molecule has 0 saturated heterocycles. The summed E-state index contributed by atoms with van der Waals surface area (Å²) < 4.78 is 13.7. The van der Waals surface area contributed by atoms with E-state index >= 15 is 0 Å². The fraction of sp³-hybridized carbons (Fsp3) is 0.438. The van der Waals surface area contributed by atoms with Gasteiger partial charge >= 0.3 is 5.69 Å². The number of methoxy groups -OCH3 is 1. The zero-order chi connectivity index (χ0) is 18.1. The molecule has 0 radical (unpaired) electrons. The molecule has 1 N–H and O–H groups in total. The smallest absolute Gasteiger partial charge is 0.330 e. The van der Waals surface area contributed by atoms with Crippen molar-refractivity contribution < 1.29 is 9.15 Å². The lowest BCUT2D eigenvalue weighted by atomic mass is 10.2. The average Bonchev–Trinajstić information content (AvgIpc) is 3.13. The third-order valence-electron chi connectivity index (χ3n) is 3.75. The summed E-state index contributed by atoms with van der Waals surface area (Å²) in [6.45, 7) is 5.15. The number of rotatable bonds is 6. The Morgan fingerprint density at radius 2 is 2.08 bits per heavy atom. The van der Waals surface area contributed by atoms with Crippen molar-refractivity contribution >= 4 is 22.8 Å². The van der Waals surface area contributed by atoms with Crippen molar-refractivity contribution in [1.82, 2.24) is 19.1 Å². The highest BCUT2D eigenvalue weighted by Crippen LogP contribution is 2.26. The lowest BCUT2D eigenvalue weighted by Gasteiger charge is -2.09. The van der Waals surface area contributed by atoms with Gasteiger partial charge in [-0.2, -0.15) is 0 Å². The zero-order valence-corrected chi connectivity index (χ0v) is 15.0. The molecular weight excluding hydrogens is 348 g/mol. The molecule has 134 valence electrons. The number of H-pyrrole nitrogens is 1. The number of fused-ring (bicyclic) bond motifs is 1. The average molecular weight is 367 g/mol. The monoisotopic (exact) mass is 366 g/mol. The molecule has 0 spiro atoms. The van der Waals surface area contributed by atoms with Gasteiger partial charge in [0.25, 0.3) is 5.56 Å². The maximum atomic E-state index is 12.4. The Morgan fingerprint density at radius 3 is 2.68 bits per heavy atom. The van der Waals surface area contributed by atoms with Crippen LogP contribution in [0.3, 0.4) is 0 Å².